The van der Waals surface area contributed by atoms with Crippen LogP contribution in [-0.2, 0) is 0 Å². The second kappa shape index (κ2) is 4.74. The summed E-state index contributed by atoms with van der Waals surface area (Å²) in [5, 5.41) is 0. The van der Waals surface area contributed by atoms with Crippen LogP contribution in [0.3, 0.4) is 0 Å². The highest BCUT2D eigenvalue weighted by molar-refractivity contribution is 14.1. The quantitative estimate of drug-likeness (QED) is 0.295. The van der Waals surface area contributed by atoms with Gasteiger partial charge in [-0.15, -0.1) is 0 Å². The van der Waals surface area contributed by atoms with E-state index >= 15 is 0 Å². The van der Waals surface area contributed by atoms with E-state index in [9.17, 15) is 0 Å². The van der Waals surface area contributed by atoms with Gasteiger partial charge in [-0.3, -0.25) is 0 Å². The first-order valence-corrected chi connectivity index (χ1v) is 9.75. The summed E-state index contributed by atoms with van der Waals surface area (Å²) in [5.74, 6) is 5.19. The number of allylic oxidation sites excluding steroid dienone is 2. The van der Waals surface area contributed by atoms with E-state index in [4.69, 9.17) is 0 Å². The Kier molecular flexibility index (Phi) is 3.28. The number of fused-ring (bicyclic) bond motifs is 5. The lowest BCUT2D eigenvalue weighted by Gasteiger charge is -2.54. The molecule has 2 unspecified atom stereocenters. The maximum absolute atomic E-state index is 2.77. The van der Waals surface area contributed by atoms with Gasteiger partial charge in [-0.1, -0.05) is 41.7 Å². The fraction of sp³-hybridized carbons (Fsp3) is 0.889. The van der Waals surface area contributed by atoms with E-state index in [0.717, 1.165) is 33.5 Å². The zero-order chi connectivity index (χ0) is 13.0. The summed E-state index contributed by atoms with van der Waals surface area (Å²) in [6.45, 7) is 2.63. The molecule has 0 aliphatic heterocycles. The Morgan fingerprint density at radius 1 is 1.00 bits per heavy atom. The number of alkyl halides is 1. The van der Waals surface area contributed by atoms with Crippen molar-refractivity contribution in [3.8, 4) is 0 Å². The van der Waals surface area contributed by atoms with Crippen LogP contribution in [0.15, 0.2) is 12.2 Å². The van der Waals surface area contributed by atoms with Gasteiger partial charge in [0.05, 0.1) is 0 Å². The lowest BCUT2D eigenvalue weighted by Crippen LogP contribution is -2.47. The van der Waals surface area contributed by atoms with Crippen molar-refractivity contribution in [3.05, 3.63) is 12.2 Å². The number of hydrogen-bond donors (Lipinski definition) is 0. The van der Waals surface area contributed by atoms with E-state index in [2.05, 4.69) is 41.7 Å². The maximum atomic E-state index is 2.77. The van der Waals surface area contributed by atoms with Crippen LogP contribution >= 0.6 is 22.6 Å². The molecular formula is C18H27I. The van der Waals surface area contributed by atoms with Gasteiger partial charge in [-0.05, 0) is 86.4 Å². The van der Waals surface area contributed by atoms with E-state index in [1.54, 1.807) is 6.42 Å². The summed E-state index contributed by atoms with van der Waals surface area (Å²) >= 11 is 2.77. The Labute approximate surface area is 131 Å². The minimum absolute atomic E-state index is 0.687. The minimum atomic E-state index is 0.687. The summed E-state index contributed by atoms with van der Waals surface area (Å²) in [6.07, 6.45) is 17.1. The average Bonchev–Trinajstić information content (AvgIpc) is 2.75. The van der Waals surface area contributed by atoms with Crippen LogP contribution in [0, 0.1) is 35.0 Å². The molecule has 106 valence electrons. The van der Waals surface area contributed by atoms with Crippen molar-refractivity contribution in [1.29, 1.82) is 0 Å². The monoisotopic (exact) mass is 370 g/mol. The molecule has 3 fully saturated rings. The molecule has 0 nitrogen and oxygen atoms in total. The predicted octanol–water partition coefficient (Wildman–Crippen LogP) is 5.61. The molecule has 0 aromatic carbocycles. The molecule has 3 saturated carbocycles. The zero-order valence-corrected chi connectivity index (χ0v) is 14.3. The van der Waals surface area contributed by atoms with E-state index in [-0.39, 0.29) is 0 Å². The SMILES string of the molecule is C[C@]12CC[C@H]3[C@@H](CCC4CCC=C[C@@H]43)[C@@H]1CCC2I. The summed E-state index contributed by atoms with van der Waals surface area (Å²) in [7, 11) is 0. The van der Waals surface area contributed by atoms with Crippen molar-refractivity contribution in [2.24, 2.45) is 35.0 Å². The standard InChI is InChI=1S/C18H27I/c1-18-11-10-14-13-5-3-2-4-12(13)6-7-15(14)16(18)8-9-17(18)19/h3,5,12-17H,2,4,6-11H2,1H3/t12?,13-,14+,15+,16-,17?,18-/m0/s1. The van der Waals surface area contributed by atoms with E-state index in [1.807, 2.05) is 0 Å². The van der Waals surface area contributed by atoms with Gasteiger partial charge in [-0.2, -0.15) is 0 Å². The summed E-state index contributed by atoms with van der Waals surface area (Å²) in [4.78, 5) is 0. The Bertz CT molecular complexity index is 387. The average molecular weight is 370 g/mol. The van der Waals surface area contributed by atoms with E-state index in [1.165, 1.54) is 44.9 Å². The molecule has 0 aromatic rings. The van der Waals surface area contributed by atoms with E-state index < -0.39 is 0 Å². The van der Waals surface area contributed by atoms with Crippen LogP contribution in [0.5, 0.6) is 0 Å². The molecule has 0 heterocycles. The Morgan fingerprint density at radius 2 is 1.89 bits per heavy atom. The summed E-state index contributed by atoms with van der Waals surface area (Å²) in [5.41, 5.74) is 0.687. The molecule has 0 N–H and O–H groups in total. The zero-order valence-electron chi connectivity index (χ0n) is 12.2. The first kappa shape index (κ1) is 13.2. The van der Waals surface area contributed by atoms with Crippen molar-refractivity contribution in [1.82, 2.24) is 0 Å². The first-order chi connectivity index (χ1) is 9.20. The van der Waals surface area contributed by atoms with Crippen molar-refractivity contribution in [2.45, 2.75) is 62.2 Å². The lowest BCUT2D eigenvalue weighted by atomic mass is 9.51. The van der Waals surface area contributed by atoms with Crippen LogP contribution in [0.1, 0.15) is 58.3 Å². The van der Waals surface area contributed by atoms with Crippen molar-refractivity contribution in [3.63, 3.8) is 0 Å². The van der Waals surface area contributed by atoms with Gasteiger partial charge in [-0.25, -0.2) is 0 Å². The van der Waals surface area contributed by atoms with Gasteiger partial charge in [0.1, 0.15) is 0 Å². The first-order valence-electron chi connectivity index (χ1n) is 8.51. The summed E-state index contributed by atoms with van der Waals surface area (Å²) in [6, 6.07) is 0. The second-order valence-electron chi connectivity index (χ2n) is 7.94. The van der Waals surface area contributed by atoms with Gasteiger partial charge >= 0.3 is 0 Å². The van der Waals surface area contributed by atoms with Crippen LogP contribution in [0.2, 0.25) is 0 Å². The van der Waals surface area contributed by atoms with Crippen LogP contribution < -0.4 is 0 Å². The highest BCUT2D eigenvalue weighted by atomic mass is 127. The molecule has 4 rings (SSSR count). The van der Waals surface area contributed by atoms with Gasteiger partial charge in [0.25, 0.3) is 0 Å². The molecule has 1 heteroatoms. The van der Waals surface area contributed by atoms with Crippen molar-refractivity contribution >= 4 is 22.6 Å². The van der Waals surface area contributed by atoms with Gasteiger partial charge in [0.2, 0.25) is 0 Å². The molecule has 0 bridgehead atoms. The third-order valence-corrected chi connectivity index (χ3v) is 9.39. The molecule has 7 atom stereocenters. The molecule has 0 spiro atoms. The third-order valence-electron chi connectivity index (χ3n) is 7.35. The van der Waals surface area contributed by atoms with Crippen LogP contribution in [0.4, 0.5) is 0 Å². The molecule has 0 saturated heterocycles. The molecule has 4 aliphatic rings. The maximum Gasteiger partial charge on any atom is 0.0166 e. The van der Waals surface area contributed by atoms with Gasteiger partial charge < -0.3 is 0 Å². The van der Waals surface area contributed by atoms with Gasteiger partial charge in [0, 0.05) is 3.92 Å². The van der Waals surface area contributed by atoms with Gasteiger partial charge in [0.15, 0.2) is 0 Å². The molecular weight excluding hydrogens is 343 g/mol. The van der Waals surface area contributed by atoms with Crippen molar-refractivity contribution in [2.75, 3.05) is 0 Å². The molecule has 0 amide bonds. The lowest BCUT2D eigenvalue weighted by molar-refractivity contribution is -0.0230. The number of hydrogen-bond acceptors (Lipinski definition) is 0. The molecule has 0 radical (unpaired) electrons. The fourth-order valence-corrected chi connectivity index (χ4v) is 7.43. The third kappa shape index (κ3) is 1.89. The normalized spacial score (nSPS) is 56.3. The van der Waals surface area contributed by atoms with Crippen molar-refractivity contribution < 1.29 is 0 Å². The number of halogens is 1. The van der Waals surface area contributed by atoms with Crippen LogP contribution in [0.25, 0.3) is 0 Å². The molecule has 19 heavy (non-hydrogen) atoms. The molecule has 4 aliphatic carbocycles. The highest BCUT2D eigenvalue weighted by Crippen LogP contribution is 2.63. The molecule has 0 aromatic heterocycles. The predicted molar refractivity (Wildman–Crippen MR) is 89.4 cm³/mol. The second-order valence-corrected chi connectivity index (χ2v) is 9.45. The highest BCUT2D eigenvalue weighted by Gasteiger charge is 2.55. The van der Waals surface area contributed by atoms with E-state index in [0.29, 0.717) is 5.41 Å². The smallest absolute Gasteiger partial charge is 0.0166 e. The number of rotatable bonds is 0. The summed E-state index contributed by atoms with van der Waals surface area (Å²) < 4.78 is 0.954. The van der Waals surface area contributed by atoms with Crippen LogP contribution in [-0.4, -0.2) is 3.92 Å². The fourth-order valence-electron chi connectivity index (χ4n) is 6.29. The Balaban J connectivity index is 1.63. The Hall–Kier alpha value is 0.470. The topological polar surface area (TPSA) is 0 Å². The largest absolute Gasteiger partial charge is 0.0882 e. The Morgan fingerprint density at radius 3 is 2.79 bits per heavy atom. The minimum Gasteiger partial charge on any atom is -0.0882 e.